The van der Waals surface area contributed by atoms with E-state index in [4.69, 9.17) is 0 Å². The van der Waals surface area contributed by atoms with Gasteiger partial charge in [0, 0.05) is 41.3 Å². The van der Waals surface area contributed by atoms with Gasteiger partial charge in [-0.3, -0.25) is 14.4 Å². The van der Waals surface area contributed by atoms with E-state index < -0.39 is 0 Å². The molecular weight excluding hydrogens is 509 g/mol. The first-order valence-corrected chi connectivity index (χ1v) is 13.6. The van der Waals surface area contributed by atoms with Crippen molar-refractivity contribution in [3.63, 3.8) is 0 Å². The maximum atomic E-state index is 13.2. The number of likely N-dealkylation sites (tertiary alicyclic amines) is 1. The molecule has 0 unspecified atom stereocenters. The zero-order valence-corrected chi connectivity index (χ0v) is 23.0. The van der Waals surface area contributed by atoms with Gasteiger partial charge in [0.25, 0.3) is 17.7 Å². The number of halogens is 1. The number of amides is 3. The summed E-state index contributed by atoms with van der Waals surface area (Å²) >= 11 is 0. The summed E-state index contributed by atoms with van der Waals surface area (Å²) in [6, 6.07) is 10.7. The standard InChI is InChI=1S/C31H34FN5O3/c1-18-26(34-20(3)28(18)31(40)33-12-15-37-13-4-5-14-37)17-25-24-11-8-22(16-27(24)36-30(25)39)29(38)35-19(2)21-6-9-23(32)10-7-21/h6-11,16-17,19,34H,4-5,12-15H2,1-3H3,(H,33,40)(H,35,38)(H,36,39)/b25-17-/t19-/m0/s1. The third kappa shape index (κ3) is 5.70. The van der Waals surface area contributed by atoms with Gasteiger partial charge in [-0.15, -0.1) is 0 Å². The van der Waals surface area contributed by atoms with E-state index in [9.17, 15) is 18.8 Å². The lowest BCUT2D eigenvalue weighted by molar-refractivity contribution is -0.110. The second-order valence-electron chi connectivity index (χ2n) is 10.5. The highest BCUT2D eigenvalue weighted by Crippen LogP contribution is 2.35. The van der Waals surface area contributed by atoms with Crippen LogP contribution in [0, 0.1) is 19.7 Å². The van der Waals surface area contributed by atoms with Gasteiger partial charge in [-0.1, -0.05) is 18.2 Å². The second-order valence-corrected chi connectivity index (χ2v) is 10.5. The Balaban J connectivity index is 1.30. The minimum atomic E-state index is -0.336. The first kappa shape index (κ1) is 27.3. The Morgan fingerprint density at radius 3 is 2.52 bits per heavy atom. The molecule has 9 heteroatoms. The predicted molar refractivity (Wildman–Crippen MR) is 153 cm³/mol. The Morgan fingerprint density at radius 1 is 1.07 bits per heavy atom. The van der Waals surface area contributed by atoms with Crippen molar-refractivity contribution in [2.75, 3.05) is 31.5 Å². The Bertz CT molecular complexity index is 1490. The molecule has 4 N–H and O–H groups in total. The van der Waals surface area contributed by atoms with E-state index in [0.29, 0.717) is 40.2 Å². The molecule has 3 aromatic rings. The molecular formula is C31H34FN5O3. The highest BCUT2D eigenvalue weighted by molar-refractivity contribution is 6.35. The molecule has 3 amide bonds. The molecule has 208 valence electrons. The molecule has 3 heterocycles. The minimum Gasteiger partial charge on any atom is -0.358 e. The van der Waals surface area contributed by atoms with Gasteiger partial charge in [-0.2, -0.15) is 0 Å². The molecule has 0 spiro atoms. The van der Waals surface area contributed by atoms with Gasteiger partial charge in [0.1, 0.15) is 5.82 Å². The maximum Gasteiger partial charge on any atom is 0.256 e. The lowest BCUT2D eigenvalue weighted by Crippen LogP contribution is -2.33. The topological polar surface area (TPSA) is 106 Å². The zero-order chi connectivity index (χ0) is 28.4. The highest BCUT2D eigenvalue weighted by atomic mass is 19.1. The van der Waals surface area contributed by atoms with Crippen LogP contribution in [0.4, 0.5) is 10.1 Å². The number of benzene rings is 2. The van der Waals surface area contributed by atoms with Gasteiger partial charge in [-0.05, 0) is 88.2 Å². The molecule has 1 fully saturated rings. The van der Waals surface area contributed by atoms with Crippen LogP contribution in [-0.2, 0) is 4.79 Å². The first-order chi connectivity index (χ1) is 19.2. The summed E-state index contributed by atoms with van der Waals surface area (Å²) in [5, 5.41) is 8.78. The van der Waals surface area contributed by atoms with Crippen LogP contribution in [0.5, 0.6) is 0 Å². The van der Waals surface area contributed by atoms with E-state index in [-0.39, 0.29) is 29.6 Å². The molecule has 1 atom stereocenters. The third-order valence-corrected chi connectivity index (χ3v) is 7.69. The van der Waals surface area contributed by atoms with Crippen molar-refractivity contribution in [1.29, 1.82) is 0 Å². The van der Waals surface area contributed by atoms with E-state index in [1.807, 2.05) is 20.8 Å². The number of rotatable bonds is 8. The van der Waals surface area contributed by atoms with Crippen molar-refractivity contribution >= 4 is 35.1 Å². The number of fused-ring (bicyclic) bond motifs is 1. The number of aromatic amines is 1. The summed E-state index contributed by atoms with van der Waals surface area (Å²) in [5.74, 6) is -1.05. The molecule has 0 bridgehead atoms. The summed E-state index contributed by atoms with van der Waals surface area (Å²) in [7, 11) is 0. The zero-order valence-electron chi connectivity index (χ0n) is 23.0. The monoisotopic (exact) mass is 543 g/mol. The average Bonchev–Trinajstić information content (AvgIpc) is 3.62. The normalized spacial score (nSPS) is 16.6. The van der Waals surface area contributed by atoms with Crippen molar-refractivity contribution in [2.45, 2.75) is 39.7 Å². The number of aromatic nitrogens is 1. The lowest BCUT2D eigenvalue weighted by atomic mass is 10.0. The fourth-order valence-electron chi connectivity index (χ4n) is 5.42. The quantitative estimate of drug-likeness (QED) is 0.312. The number of carbonyl (C=O) groups is 3. The molecule has 5 rings (SSSR count). The molecule has 1 aromatic heterocycles. The maximum absolute atomic E-state index is 13.2. The summed E-state index contributed by atoms with van der Waals surface area (Å²) in [6.07, 6.45) is 4.18. The Hall–Kier alpha value is -4.24. The summed E-state index contributed by atoms with van der Waals surface area (Å²) in [4.78, 5) is 44.4. The van der Waals surface area contributed by atoms with Crippen molar-refractivity contribution < 1.29 is 18.8 Å². The van der Waals surface area contributed by atoms with Crippen LogP contribution in [0.1, 0.15) is 74.6 Å². The predicted octanol–water partition coefficient (Wildman–Crippen LogP) is 4.58. The number of H-pyrrole nitrogens is 1. The van der Waals surface area contributed by atoms with Crippen LogP contribution >= 0.6 is 0 Å². The number of aryl methyl sites for hydroxylation is 1. The largest absolute Gasteiger partial charge is 0.358 e. The van der Waals surface area contributed by atoms with E-state index in [1.54, 1.807) is 36.4 Å². The van der Waals surface area contributed by atoms with E-state index in [0.717, 1.165) is 36.5 Å². The van der Waals surface area contributed by atoms with Crippen LogP contribution in [0.3, 0.4) is 0 Å². The van der Waals surface area contributed by atoms with Crippen molar-refractivity contribution in [3.8, 4) is 0 Å². The number of carbonyl (C=O) groups excluding carboxylic acids is 3. The molecule has 2 aliphatic rings. The fraction of sp³-hybridized carbons (Fsp3) is 0.323. The third-order valence-electron chi connectivity index (χ3n) is 7.69. The summed E-state index contributed by atoms with van der Waals surface area (Å²) in [5.41, 5.74) is 5.64. The molecule has 0 radical (unpaired) electrons. The molecule has 8 nitrogen and oxygen atoms in total. The number of nitrogens with one attached hydrogen (secondary N) is 4. The molecule has 40 heavy (non-hydrogen) atoms. The number of anilines is 1. The molecule has 1 saturated heterocycles. The van der Waals surface area contributed by atoms with Crippen LogP contribution in [0.15, 0.2) is 42.5 Å². The highest BCUT2D eigenvalue weighted by Gasteiger charge is 2.27. The van der Waals surface area contributed by atoms with Gasteiger partial charge in [-0.25, -0.2) is 4.39 Å². The van der Waals surface area contributed by atoms with Crippen LogP contribution < -0.4 is 16.0 Å². The lowest BCUT2D eigenvalue weighted by Gasteiger charge is -2.15. The average molecular weight is 544 g/mol. The SMILES string of the molecule is Cc1[nH]c(/C=C2\C(=O)Nc3cc(C(=O)N[C@@H](C)c4ccc(F)cc4)ccc32)c(C)c1C(=O)NCCN1CCCC1. The summed E-state index contributed by atoms with van der Waals surface area (Å²) in [6.45, 7) is 9.14. The fourth-order valence-corrected chi connectivity index (χ4v) is 5.42. The summed E-state index contributed by atoms with van der Waals surface area (Å²) < 4.78 is 13.2. The van der Waals surface area contributed by atoms with Crippen molar-refractivity contribution in [2.24, 2.45) is 0 Å². The van der Waals surface area contributed by atoms with Crippen LogP contribution in [0.25, 0.3) is 11.6 Å². The van der Waals surface area contributed by atoms with Crippen LogP contribution in [0.2, 0.25) is 0 Å². The number of hydrogen-bond donors (Lipinski definition) is 4. The Kier molecular flexibility index (Phi) is 7.84. The number of nitrogens with zero attached hydrogens (tertiary/aromatic N) is 1. The van der Waals surface area contributed by atoms with Crippen molar-refractivity contribution in [3.05, 3.63) is 87.5 Å². The van der Waals surface area contributed by atoms with Gasteiger partial charge in [0.2, 0.25) is 0 Å². The van der Waals surface area contributed by atoms with Gasteiger partial charge < -0.3 is 25.8 Å². The second kappa shape index (κ2) is 11.5. The Morgan fingerprint density at radius 2 is 1.80 bits per heavy atom. The first-order valence-electron chi connectivity index (χ1n) is 13.6. The molecule has 2 aliphatic heterocycles. The smallest absolute Gasteiger partial charge is 0.256 e. The van der Waals surface area contributed by atoms with Crippen molar-refractivity contribution in [1.82, 2.24) is 20.5 Å². The molecule has 2 aromatic carbocycles. The van der Waals surface area contributed by atoms with Gasteiger partial charge in [0.15, 0.2) is 0 Å². The Labute approximate surface area is 233 Å². The molecule has 0 aliphatic carbocycles. The molecule has 0 saturated carbocycles. The van der Waals surface area contributed by atoms with Gasteiger partial charge >= 0.3 is 0 Å². The van der Waals surface area contributed by atoms with Crippen LogP contribution in [-0.4, -0.2) is 53.8 Å². The number of hydrogen-bond acceptors (Lipinski definition) is 4. The minimum absolute atomic E-state index is 0.128. The van der Waals surface area contributed by atoms with Gasteiger partial charge in [0.05, 0.1) is 17.2 Å². The van der Waals surface area contributed by atoms with E-state index in [1.165, 1.54) is 25.0 Å². The van der Waals surface area contributed by atoms with E-state index in [2.05, 4.69) is 25.8 Å². The van der Waals surface area contributed by atoms with E-state index >= 15 is 0 Å².